The van der Waals surface area contributed by atoms with Gasteiger partial charge in [0.25, 0.3) is 0 Å². The number of carbonyl (C=O) groups is 2. The molecule has 0 saturated heterocycles. The van der Waals surface area contributed by atoms with Crippen molar-refractivity contribution in [1.82, 2.24) is 0 Å². The van der Waals surface area contributed by atoms with Crippen LogP contribution in [0.25, 0.3) is 0 Å². The summed E-state index contributed by atoms with van der Waals surface area (Å²) in [4.78, 5) is 21.9. The van der Waals surface area contributed by atoms with E-state index in [-0.39, 0.29) is 0 Å². The lowest BCUT2D eigenvalue weighted by Gasteiger charge is -2.13. The van der Waals surface area contributed by atoms with Crippen molar-refractivity contribution in [1.29, 1.82) is 0 Å². The number of carboxylic acids is 1. The van der Waals surface area contributed by atoms with Gasteiger partial charge in [0.05, 0.1) is 16.1 Å². The Labute approximate surface area is 109 Å². The first-order chi connectivity index (χ1) is 8.44. The highest BCUT2D eigenvalue weighted by Crippen LogP contribution is 2.46. The van der Waals surface area contributed by atoms with Crippen LogP contribution in [0.2, 0.25) is 5.02 Å². The first kappa shape index (κ1) is 12.7. The number of primary amides is 1. The first-order valence-electron chi connectivity index (χ1n) is 5.51. The van der Waals surface area contributed by atoms with Gasteiger partial charge in [0.2, 0.25) is 5.91 Å². The number of amides is 1. The Hall–Kier alpha value is -1.75. The Balaban J connectivity index is 2.07. The van der Waals surface area contributed by atoms with Crippen LogP contribution >= 0.6 is 11.6 Å². The molecule has 0 aliphatic heterocycles. The Bertz CT molecular complexity index is 512. The summed E-state index contributed by atoms with van der Waals surface area (Å²) in [7, 11) is 0. The minimum Gasteiger partial charge on any atom is -0.481 e. The Morgan fingerprint density at radius 2 is 2.11 bits per heavy atom. The van der Waals surface area contributed by atoms with Crippen LogP contribution in [0, 0.1) is 5.41 Å². The van der Waals surface area contributed by atoms with Gasteiger partial charge in [0.15, 0.2) is 0 Å². The van der Waals surface area contributed by atoms with Gasteiger partial charge >= 0.3 is 5.97 Å². The Morgan fingerprint density at radius 1 is 1.44 bits per heavy atom. The maximum atomic E-state index is 11.0. The van der Waals surface area contributed by atoms with Crippen molar-refractivity contribution in [2.75, 3.05) is 11.9 Å². The Kier molecular flexibility index (Phi) is 3.17. The molecule has 1 fully saturated rings. The summed E-state index contributed by atoms with van der Waals surface area (Å²) in [6.07, 6.45) is 1.35. The van der Waals surface area contributed by atoms with Gasteiger partial charge in [-0.3, -0.25) is 9.59 Å². The maximum Gasteiger partial charge on any atom is 0.311 e. The van der Waals surface area contributed by atoms with Crippen molar-refractivity contribution in [3.63, 3.8) is 0 Å². The molecular weight excluding hydrogens is 256 g/mol. The molecule has 1 aliphatic carbocycles. The number of hydrogen-bond donors (Lipinski definition) is 3. The lowest BCUT2D eigenvalue weighted by Crippen LogP contribution is -2.24. The van der Waals surface area contributed by atoms with Crippen LogP contribution in [0.1, 0.15) is 23.2 Å². The second-order valence-corrected chi connectivity index (χ2v) is 4.91. The van der Waals surface area contributed by atoms with Gasteiger partial charge in [-0.25, -0.2) is 0 Å². The van der Waals surface area contributed by atoms with Crippen LogP contribution in [-0.4, -0.2) is 23.5 Å². The molecule has 96 valence electrons. The maximum absolute atomic E-state index is 11.0. The summed E-state index contributed by atoms with van der Waals surface area (Å²) in [5.74, 6) is -1.34. The third-order valence-electron chi connectivity index (χ3n) is 3.18. The van der Waals surface area contributed by atoms with E-state index in [0.717, 1.165) is 0 Å². The zero-order valence-electron chi connectivity index (χ0n) is 9.57. The summed E-state index contributed by atoms with van der Waals surface area (Å²) in [5.41, 5.74) is 5.40. The molecule has 0 heterocycles. The number of anilines is 1. The van der Waals surface area contributed by atoms with E-state index in [9.17, 15) is 9.59 Å². The Morgan fingerprint density at radius 3 is 2.56 bits per heavy atom. The number of hydrogen-bond acceptors (Lipinski definition) is 3. The van der Waals surface area contributed by atoms with Crippen LogP contribution in [0.5, 0.6) is 0 Å². The van der Waals surface area contributed by atoms with E-state index in [1.807, 2.05) is 0 Å². The second-order valence-electron chi connectivity index (χ2n) is 4.50. The molecule has 5 nitrogen and oxygen atoms in total. The van der Waals surface area contributed by atoms with Crippen LogP contribution < -0.4 is 11.1 Å². The predicted octanol–water partition coefficient (Wildman–Crippen LogP) is 1.72. The minimum absolute atomic E-state index is 0.324. The molecule has 1 amide bonds. The summed E-state index contributed by atoms with van der Waals surface area (Å²) in [6, 6.07) is 4.64. The van der Waals surface area contributed by atoms with E-state index in [4.69, 9.17) is 22.4 Å². The van der Waals surface area contributed by atoms with E-state index in [0.29, 0.717) is 35.7 Å². The van der Waals surface area contributed by atoms with Crippen LogP contribution in [0.4, 0.5) is 5.69 Å². The van der Waals surface area contributed by atoms with E-state index >= 15 is 0 Å². The summed E-state index contributed by atoms with van der Waals surface area (Å²) < 4.78 is 0. The minimum atomic E-state index is -0.792. The monoisotopic (exact) mass is 268 g/mol. The molecule has 2 rings (SSSR count). The van der Waals surface area contributed by atoms with Crippen molar-refractivity contribution in [3.05, 3.63) is 28.8 Å². The molecular formula is C12H13ClN2O3. The molecule has 18 heavy (non-hydrogen) atoms. The molecule has 0 radical (unpaired) electrons. The van der Waals surface area contributed by atoms with E-state index in [1.54, 1.807) is 12.1 Å². The first-order valence-corrected chi connectivity index (χ1v) is 5.89. The van der Waals surface area contributed by atoms with E-state index < -0.39 is 17.3 Å². The van der Waals surface area contributed by atoms with Gasteiger partial charge in [-0.05, 0) is 31.0 Å². The molecule has 0 aromatic heterocycles. The van der Waals surface area contributed by atoms with Gasteiger partial charge in [-0.15, -0.1) is 0 Å². The molecule has 0 atom stereocenters. The summed E-state index contributed by atoms with van der Waals surface area (Å²) in [6.45, 7) is 0.331. The molecule has 0 spiro atoms. The molecule has 0 bridgehead atoms. The molecule has 4 N–H and O–H groups in total. The third-order valence-corrected chi connectivity index (χ3v) is 3.49. The highest BCUT2D eigenvalue weighted by atomic mass is 35.5. The second kappa shape index (κ2) is 4.49. The molecule has 6 heteroatoms. The van der Waals surface area contributed by atoms with Crippen LogP contribution in [0.3, 0.4) is 0 Å². The number of carbonyl (C=O) groups excluding carboxylic acids is 1. The van der Waals surface area contributed by atoms with Gasteiger partial charge in [-0.2, -0.15) is 0 Å². The zero-order chi connectivity index (χ0) is 13.3. The number of halogens is 1. The lowest BCUT2D eigenvalue weighted by atomic mass is 10.1. The van der Waals surface area contributed by atoms with Crippen molar-refractivity contribution in [3.8, 4) is 0 Å². The fraction of sp³-hybridized carbons (Fsp3) is 0.333. The van der Waals surface area contributed by atoms with Gasteiger partial charge in [0, 0.05) is 12.1 Å². The average Bonchev–Trinajstić information content (AvgIpc) is 3.08. The lowest BCUT2D eigenvalue weighted by molar-refractivity contribution is -0.142. The highest BCUT2D eigenvalue weighted by molar-refractivity contribution is 6.33. The van der Waals surface area contributed by atoms with Crippen molar-refractivity contribution >= 4 is 29.2 Å². The SMILES string of the molecule is NC(=O)c1ccc(NCC2(C(=O)O)CC2)c(Cl)c1. The largest absolute Gasteiger partial charge is 0.481 e. The number of benzene rings is 1. The smallest absolute Gasteiger partial charge is 0.311 e. The predicted molar refractivity (Wildman–Crippen MR) is 67.8 cm³/mol. The molecule has 1 aromatic carbocycles. The molecule has 1 saturated carbocycles. The summed E-state index contributed by atoms with van der Waals surface area (Å²) >= 11 is 5.98. The topological polar surface area (TPSA) is 92.4 Å². The number of nitrogens with one attached hydrogen (secondary N) is 1. The van der Waals surface area contributed by atoms with Crippen molar-refractivity contribution in [2.24, 2.45) is 11.1 Å². The fourth-order valence-corrected chi connectivity index (χ4v) is 1.94. The average molecular weight is 269 g/mol. The zero-order valence-corrected chi connectivity index (χ0v) is 10.3. The standard InChI is InChI=1S/C12H13ClN2O3/c13-8-5-7(10(14)16)1-2-9(8)15-6-12(3-4-12)11(17)18/h1-2,5,15H,3-4,6H2,(H2,14,16)(H,17,18). The van der Waals surface area contributed by atoms with E-state index in [2.05, 4.69) is 5.32 Å². The van der Waals surface area contributed by atoms with Crippen molar-refractivity contribution in [2.45, 2.75) is 12.8 Å². The van der Waals surface area contributed by atoms with Gasteiger partial charge in [-0.1, -0.05) is 11.6 Å². The van der Waals surface area contributed by atoms with Crippen molar-refractivity contribution < 1.29 is 14.7 Å². The van der Waals surface area contributed by atoms with Gasteiger partial charge < -0.3 is 16.2 Å². The third kappa shape index (κ3) is 2.41. The van der Waals surface area contributed by atoms with Crippen LogP contribution in [-0.2, 0) is 4.79 Å². The molecule has 1 aliphatic rings. The molecule has 1 aromatic rings. The summed E-state index contributed by atoms with van der Waals surface area (Å²) in [5, 5.41) is 12.4. The number of nitrogens with two attached hydrogens (primary N) is 1. The number of rotatable bonds is 5. The quantitative estimate of drug-likeness (QED) is 0.758. The van der Waals surface area contributed by atoms with Crippen LogP contribution in [0.15, 0.2) is 18.2 Å². The van der Waals surface area contributed by atoms with Gasteiger partial charge in [0.1, 0.15) is 0 Å². The molecule has 0 unspecified atom stereocenters. The number of aliphatic carboxylic acids is 1. The highest BCUT2D eigenvalue weighted by Gasteiger charge is 2.50. The normalized spacial score (nSPS) is 16.1. The fourth-order valence-electron chi connectivity index (χ4n) is 1.69. The van der Waals surface area contributed by atoms with E-state index in [1.165, 1.54) is 6.07 Å². The number of carboxylic acid groups (broad SMARTS) is 1.